The van der Waals surface area contributed by atoms with E-state index in [-0.39, 0.29) is 11.3 Å². The molecule has 4 heteroatoms. The Morgan fingerprint density at radius 1 is 1.10 bits per heavy atom. The Kier molecular flexibility index (Phi) is 3.62. The van der Waals surface area contributed by atoms with Gasteiger partial charge in [-0.2, -0.15) is 0 Å². The van der Waals surface area contributed by atoms with E-state index in [2.05, 4.69) is 5.32 Å². The minimum atomic E-state index is -0.375. The highest BCUT2D eigenvalue weighted by molar-refractivity contribution is 5.98. The lowest BCUT2D eigenvalue weighted by Crippen LogP contribution is -2.30. The molecule has 0 spiro atoms. The van der Waals surface area contributed by atoms with Crippen LogP contribution in [-0.4, -0.2) is 12.5 Å². The van der Waals surface area contributed by atoms with Crippen LogP contribution >= 0.6 is 0 Å². The summed E-state index contributed by atoms with van der Waals surface area (Å²) in [5, 5.41) is 2.94. The molecule has 0 aromatic heterocycles. The molecule has 0 radical (unpaired) electrons. The van der Waals surface area contributed by atoms with E-state index in [0.29, 0.717) is 18.0 Å². The molecule has 1 aliphatic rings. The summed E-state index contributed by atoms with van der Waals surface area (Å²) in [6, 6.07) is 16.9. The topological polar surface area (TPSA) is 64.4 Å². The maximum atomic E-state index is 12.3. The Morgan fingerprint density at radius 3 is 2.43 bits per heavy atom. The van der Waals surface area contributed by atoms with E-state index >= 15 is 0 Å². The fraction of sp³-hybridized carbons (Fsp3) is 0.235. The van der Waals surface area contributed by atoms with Crippen LogP contribution < -0.4 is 15.8 Å². The van der Waals surface area contributed by atoms with Gasteiger partial charge in [-0.1, -0.05) is 30.3 Å². The van der Waals surface area contributed by atoms with Crippen LogP contribution in [0.4, 0.5) is 5.69 Å². The zero-order chi connectivity index (χ0) is 14.7. The number of nitrogens with two attached hydrogens (primary N) is 1. The zero-order valence-corrected chi connectivity index (χ0v) is 11.7. The maximum absolute atomic E-state index is 12.3. The standard InChI is InChI=1S/C17H18N2O2/c18-12-17(10-11-17)16(20)19-14-8-4-5-9-15(14)21-13-6-2-1-3-7-13/h1-9H,10-12,18H2,(H,19,20). The van der Waals surface area contributed by atoms with E-state index < -0.39 is 0 Å². The normalized spacial score (nSPS) is 15.3. The highest BCUT2D eigenvalue weighted by Crippen LogP contribution is 2.45. The number of rotatable bonds is 5. The van der Waals surface area contributed by atoms with E-state index in [9.17, 15) is 4.79 Å². The number of hydrogen-bond donors (Lipinski definition) is 2. The molecule has 1 amide bonds. The number of carbonyl (C=O) groups excluding carboxylic acids is 1. The molecule has 0 heterocycles. The van der Waals surface area contributed by atoms with Crippen LogP contribution in [0.3, 0.4) is 0 Å². The van der Waals surface area contributed by atoms with Gasteiger partial charge < -0.3 is 15.8 Å². The lowest BCUT2D eigenvalue weighted by atomic mass is 10.1. The first-order valence-electron chi connectivity index (χ1n) is 7.07. The quantitative estimate of drug-likeness (QED) is 0.885. The summed E-state index contributed by atoms with van der Waals surface area (Å²) >= 11 is 0. The summed E-state index contributed by atoms with van der Waals surface area (Å²) in [4.78, 5) is 12.3. The zero-order valence-electron chi connectivity index (χ0n) is 11.7. The lowest BCUT2D eigenvalue weighted by Gasteiger charge is -2.16. The first-order chi connectivity index (χ1) is 10.2. The van der Waals surface area contributed by atoms with Crippen molar-refractivity contribution in [3.05, 3.63) is 54.6 Å². The number of para-hydroxylation sites is 3. The molecule has 108 valence electrons. The number of anilines is 1. The van der Waals surface area contributed by atoms with Gasteiger partial charge in [0.2, 0.25) is 5.91 Å². The molecule has 2 aromatic carbocycles. The van der Waals surface area contributed by atoms with Crippen molar-refractivity contribution in [2.24, 2.45) is 11.1 Å². The van der Waals surface area contributed by atoms with Crippen molar-refractivity contribution in [3.8, 4) is 11.5 Å². The average Bonchev–Trinajstić information content (AvgIpc) is 3.31. The van der Waals surface area contributed by atoms with Gasteiger partial charge in [0.25, 0.3) is 0 Å². The number of ether oxygens (including phenoxy) is 1. The van der Waals surface area contributed by atoms with Crippen LogP contribution in [0.15, 0.2) is 54.6 Å². The van der Waals surface area contributed by atoms with Crippen molar-refractivity contribution < 1.29 is 9.53 Å². The monoisotopic (exact) mass is 282 g/mol. The first-order valence-corrected chi connectivity index (χ1v) is 7.07. The van der Waals surface area contributed by atoms with E-state index in [1.807, 2.05) is 54.6 Å². The summed E-state index contributed by atoms with van der Waals surface area (Å²) < 4.78 is 5.83. The summed E-state index contributed by atoms with van der Waals surface area (Å²) in [7, 11) is 0. The Hall–Kier alpha value is -2.33. The maximum Gasteiger partial charge on any atom is 0.231 e. The summed E-state index contributed by atoms with van der Waals surface area (Å²) in [5.41, 5.74) is 5.99. The van der Waals surface area contributed by atoms with Crippen molar-refractivity contribution in [3.63, 3.8) is 0 Å². The second-order valence-corrected chi connectivity index (χ2v) is 5.35. The molecule has 1 saturated carbocycles. The van der Waals surface area contributed by atoms with Crippen LogP contribution in [0.1, 0.15) is 12.8 Å². The van der Waals surface area contributed by atoms with Gasteiger partial charge >= 0.3 is 0 Å². The van der Waals surface area contributed by atoms with E-state index in [1.54, 1.807) is 0 Å². The number of nitrogens with one attached hydrogen (secondary N) is 1. The van der Waals surface area contributed by atoms with Gasteiger partial charge in [0, 0.05) is 6.54 Å². The van der Waals surface area contributed by atoms with Gasteiger partial charge in [0.05, 0.1) is 11.1 Å². The molecule has 21 heavy (non-hydrogen) atoms. The third-order valence-corrected chi connectivity index (χ3v) is 3.83. The Bertz CT molecular complexity index is 636. The van der Waals surface area contributed by atoms with Gasteiger partial charge in [0.15, 0.2) is 5.75 Å². The predicted octanol–water partition coefficient (Wildman–Crippen LogP) is 3.16. The lowest BCUT2D eigenvalue weighted by molar-refractivity contribution is -0.120. The number of amides is 1. The molecule has 0 saturated heterocycles. The van der Waals surface area contributed by atoms with Crippen LogP contribution in [0, 0.1) is 5.41 Å². The minimum Gasteiger partial charge on any atom is -0.455 e. The predicted molar refractivity (Wildman–Crippen MR) is 82.3 cm³/mol. The van der Waals surface area contributed by atoms with Crippen LogP contribution in [0.2, 0.25) is 0 Å². The fourth-order valence-corrected chi connectivity index (χ4v) is 2.20. The molecule has 3 rings (SSSR count). The van der Waals surface area contributed by atoms with Gasteiger partial charge in [-0.15, -0.1) is 0 Å². The molecule has 2 aromatic rings. The van der Waals surface area contributed by atoms with Crippen molar-refractivity contribution >= 4 is 11.6 Å². The number of benzene rings is 2. The molecule has 1 aliphatic carbocycles. The molecule has 0 unspecified atom stereocenters. The Labute approximate surface area is 123 Å². The molecule has 1 fully saturated rings. The van der Waals surface area contributed by atoms with Crippen LogP contribution in [0.5, 0.6) is 11.5 Å². The largest absolute Gasteiger partial charge is 0.455 e. The highest BCUT2D eigenvalue weighted by Gasteiger charge is 2.48. The van der Waals surface area contributed by atoms with Crippen LogP contribution in [0.25, 0.3) is 0 Å². The molecular weight excluding hydrogens is 264 g/mol. The third-order valence-electron chi connectivity index (χ3n) is 3.83. The minimum absolute atomic E-state index is 0.0193. The summed E-state index contributed by atoms with van der Waals surface area (Å²) in [6.07, 6.45) is 1.72. The second kappa shape index (κ2) is 5.58. The molecule has 4 nitrogen and oxygen atoms in total. The average molecular weight is 282 g/mol. The van der Waals surface area contributed by atoms with E-state index in [0.717, 1.165) is 18.6 Å². The Morgan fingerprint density at radius 2 is 1.76 bits per heavy atom. The van der Waals surface area contributed by atoms with Crippen molar-refractivity contribution in [2.45, 2.75) is 12.8 Å². The second-order valence-electron chi connectivity index (χ2n) is 5.35. The first kappa shape index (κ1) is 13.6. The summed E-state index contributed by atoms with van der Waals surface area (Å²) in [5.74, 6) is 1.35. The van der Waals surface area contributed by atoms with Crippen LogP contribution in [-0.2, 0) is 4.79 Å². The van der Waals surface area contributed by atoms with E-state index in [1.165, 1.54) is 0 Å². The third kappa shape index (κ3) is 2.90. The SMILES string of the molecule is NCC1(C(=O)Nc2ccccc2Oc2ccccc2)CC1. The van der Waals surface area contributed by atoms with E-state index in [4.69, 9.17) is 10.5 Å². The van der Waals surface area contributed by atoms with Gasteiger partial charge in [-0.25, -0.2) is 0 Å². The number of hydrogen-bond acceptors (Lipinski definition) is 3. The fourth-order valence-electron chi connectivity index (χ4n) is 2.20. The molecular formula is C17H18N2O2. The van der Waals surface area contributed by atoms with Crippen molar-refractivity contribution in [2.75, 3.05) is 11.9 Å². The Balaban J connectivity index is 1.78. The molecule has 0 bridgehead atoms. The van der Waals surface area contributed by atoms with Gasteiger partial charge in [-0.05, 0) is 37.1 Å². The summed E-state index contributed by atoms with van der Waals surface area (Å²) in [6.45, 7) is 0.389. The van der Waals surface area contributed by atoms with Crippen molar-refractivity contribution in [1.82, 2.24) is 0 Å². The highest BCUT2D eigenvalue weighted by atomic mass is 16.5. The number of carbonyl (C=O) groups is 1. The van der Waals surface area contributed by atoms with Gasteiger partial charge in [0.1, 0.15) is 5.75 Å². The molecule has 0 atom stereocenters. The van der Waals surface area contributed by atoms with Gasteiger partial charge in [-0.3, -0.25) is 4.79 Å². The smallest absolute Gasteiger partial charge is 0.231 e. The van der Waals surface area contributed by atoms with Crippen molar-refractivity contribution in [1.29, 1.82) is 0 Å². The molecule has 0 aliphatic heterocycles. The molecule has 3 N–H and O–H groups in total.